The van der Waals surface area contributed by atoms with Gasteiger partial charge in [0.15, 0.2) is 0 Å². The van der Waals surface area contributed by atoms with Crippen molar-refractivity contribution in [2.75, 3.05) is 6.54 Å². The van der Waals surface area contributed by atoms with Crippen molar-refractivity contribution in [2.45, 2.75) is 26.4 Å². The standard InChI is InChI=1S/C10H15BrN2O/c1-8(2)12-5-6-13-7-9(11)3-4-10(13)14/h3-4,7-8,12H,5-6H2,1-2H3. The lowest BCUT2D eigenvalue weighted by Gasteiger charge is -2.09. The highest BCUT2D eigenvalue weighted by molar-refractivity contribution is 9.10. The number of rotatable bonds is 4. The molecule has 1 rings (SSSR count). The van der Waals surface area contributed by atoms with Crippen LogP contribution >= 0.6 is 15.9 Å². The van der Waals surface area contributed by atoms with Crippen molar-refractivity contribution in [1.82, 2.24) is 9.88 Å². The average molecular weight is 259 g/mol. The van der Waals surface area contributed by atoms with Crippen molar-refractivity contribution in [3.63, 3.8) is 0 Å². The summed E-state index contributed by atoms with van der Waals surface area (Å²) < 4.78 is 2.63. The predicted octanol–water partition coefficient (Wildman–Crippen LogP) is 1.61. The molecule has 0 saturated carbocycles. The second-order valence-electron chi connectivity index (χ2n) is 3.49. The lowest BCUT2D eigenvalue weighted by molar-refractivity contribution is 0.533. The molecule has 0 aliphatic carbocycles. The van der Waals surface area contributed by atoms with E-state index in [2.05, 4.69) is 35.1 Å². The molecule has 1 aromatic rings. The summed E-state index contributed by atoms with van der Waals surface area (Å²) in [5.74, 6) is 0. The lowest BCUT2D eigenvalue weighted by Crippen LogP contribution is -2.30. The van der Waals surface area contributed by atoms with Crippen molar-refractivity contribution >= 4 is 15.9 Å². The molecule has 0 aromatic carbocycles. The van der Waals surface area contributed by atoms with E-state index in [-0.39, 0.29) is 5.56 Å². The third-order valence-corrected chi connectivity index (χ3v) is 2.32. The Balaban J connectivity index is 2.58. The number of aromatic nitrogens is 1. The first kappa shape index (κ1) is 11.5. The Morgan fingerprint density at radius 2 is 2.21 bits per heavy atom. The molecule has 0 bridgehead atoms. The molecule has 0 amide bonds. The van der Waals surface area contributed by atoms with Gasteiger partial charge in [-0.05, 0) is 22.0 Å². The molecular weight excluding hydrogens is 244 g/mol. The number of pyridine rings is 1. The van der Waals surface area contributed by atoms with Gasteiger partial charge in [-0.1, -0.05) is 13.8 Å². The fraction of sp³-hybridized carbons (Fsp3) is 0.500. The molecule has 0 atom stereocenters. The van der Waals surface area contributed by atoms with Crippen LogP contribution in [-0.2, 0) is 6.54 Å². The Bertz CT molecular complexity index is 346. The van der Waals surface area contributed by atoms with Crippen molar-refractivity contribution in [3.05, 3.63) is 33.2 Å². The number of hydrogen-bond donors (Lipinski definition) is 1. The summed E-state index contributed by atoms with van der Waals surface area (Å²) in [6.07, 6.45) is 1.81. The number of halogens is 1. The number of nitrogens with one attached hydrogen (secondary N) is 1. The van der Waals surface area contributed by atoms with Crippen molar-refractivity contribution < 1.29 is 0 Å². The fourth-order valence-electron chi connectivity index (χ4n) is 1.15. The van der Waals surface area contributed by atoms with Crippen LogP contribution in [0.2, 0.25) is 0 Å². The second kappa shape index (κ2) is 5.32. The van der Waals surface area contributed by atoms with Crippen LogP contribution in [0.25, 0.3) is 0 Å². The zero-order valence-electron chi connectivity index (χ0n) is 8.46. The van der Waals surface area contributed by atoms with Crippen molar-refractivity contribution in [2.24, 2.45) is 0 Å². The van der Waals surface area contributed by atoms with Crippen LogP contribution in [0, 0.1) is 0 Å². The lowest BCUT2D eigenvalue weighted by atomic mass is 10.4. The van der Waals surface area contributed by atoms with Crippen molar-refractivity contribution in [1.29, 1.82) is 0 Å². The Kier molecular flexibility index (Phi) is 4.35. The minimum Gasteiger partial charge on any atom is -0.313 e. The fourth-order valence-corrected chi connectivity index (χ4v) is 1.53. The van der Waals surface area contributed by atoms with Gasteiger partial charge in [0.25, 0.3) is 5.56 Å². The van der Waals surface area contributed by atoms with Gasteiger partial charge in [0.05, 0.1) is 0 Å². The Morgan fingerprint density at radius 3 is 2.86 bits per heavy atom. The summed E-state index contributed by atoms with van der Waals surface area (Å²) >= 11 is 3.34. The molecular formula is C10H15BrN2O. The van der Waals surface area contributed by atoms with Gasteiger partial charge in [-0.3, -0.25) is 4.79 Å². The first-order valence-corrected chi connectivity index (χ1v) is 5.48. The van der Waals surface area contributed by atoms with E-state index in [0.717, 1.165) is 11.0 Å². The molecule has 0 aliphatic heterocycles. The predicted molar refractivity (Wildman–Crippen MR) is 61.5 cm³/mol. The van der Waals surface area contributed by atoms with Crippen LogP contribution in [0.3, 0.4) is 0 Å². The Morgan fingerprint density at radius 1 is 1.50 bits per heavy atom. The Labute approximate surface area is 92.3 Å². The second-order valence-corrected chi connectivity index (χ2v) is 4.40. The molecule has 78 valence electrons. The maximum Gasteiger partial charge on any atom is 0.250 e. The molecule has 0 aliphatic rings. The van der Waals surface area contributed by atoms with E-state index in [9.17, 15) is 4.79 Å². The van der Waals surface area contributed by atoms with E-state index in [1.165, 1.54) is 0 Å². The van der Waals surface area contributed by atoms with Crippen LogP contribution in [0.5, 0.6) is 0 Å². The minimum atomic E-state index is 0.0405. The molecule has 1 heterocycles. The summed E-state index contributed by atoms with van der Waals surface area (Å²) in [5.41, 5.74) is 0.0405. The van der Waals surface area contributed by atoms with E-state index in [1.54, 1.807) is 16.7 Å². The summed E-state index contributed by atoms with van der Waals surface area (Å²) in [6.45, 7) is 5.69. The van der Waals surface area contributed by atoms with Gasteiger partial charge in [0.2, 0.25) is 0 Å². The van der Waals surface area contributed by atoms with Gasteiger partial charge in [0, 0.05) is 35.9 Å². The molecule has 14 heavy (non-hydrogen) atoms. The molecule has 0 spiro atoms. The molecule has 0 radical (unpaired) electrons. The van der Waals surface area contributed by atoms with Gasteiger partial charge in [-0.25, -0.2) is 0 Å². The zero-order chi connectivity index (χ0) is 10.6. The highest BCUT2D eigenvalue weighted by Gasteiger charge is 1.97. The van der Waals surface area contributed by atoms with Crippen LogP contribution in [0.1, 0.15) is 13.8 Å². The molecule has 1 aromatic heterocycles. The minimum absolute atomic E-state index is 0.0405. The number of hydrogen-bond acceptors (Lipinski definition) is 2. The number of nitrogens with zero attached hydrogens (tertiary/aromatic N) is 1. The summed E-state index contributed by atoms with van der Waals surface area (Å²) in [5, 5.41) is 3.27. The smallest absolute Gasteiger partial charge is 0.250 e. The highest BCUT2D eigenvalue weighted by atomic mass is 79.9. The molecule has 3 nitrogen and oxygen atoms in total. The molecule has 0 unspecified atom stereocenters. The summed E-state index contributed by atoms with van der Waals surface area (Å²) in [6, 6.07) is 3.78. The third-order valence-electron chi connectivity index (χ3n) is 1.85. The highest BCUT2D eigenvalue weighted by Crippen LogP contribution is 2.04. The Hall–Kier alpha value is -0.610. The van der Waals surface area contributed by atoms with Gasteiger partial charge < -0.3 is 9.88 Å². The topological polar surface area (TPSA) is 34.0 Å². The van der Waals surface area contributed by atoms with Gasteiger partial charge >= 0.3 is 0 Å². The SMILES string of the molecule is CC(C)NCCn1cc(Br)ccc1=O. The molecule has 0 fully saturated rings. The van der Waals surface area contributed by atoms with Gasteiger partial charge in [-0.2, -0.15) is 0 Å². The summed E-state index contributed by atoms with van der Waals surface area (Å²) in [4.78, 5) is 11.4. The van der Waals surface area contributed by atoms with E-state index in [1.807, 2.05) is 6.20 Å². The van der Waals surface area contributed by atoms with Crippen molar-refractivity contribution in [3.8, 4) is 0 Å². The van der Waals surface area contributed by atoms with Crippen LogP contribution in [-0.4, -0.2) is 17.2 Å². The quantitative estimate of drug-likeness (QED) is 0.891. The van der Waals surface area contributed by atoms with Gasteiger partial charge in [0.1, 0.15) is 0 Å². The third kappa shape index (κ3) is 3.64. The maximum atomic E-state index is 11.4. The average Bonchev–Trinajstić information content (AvgIpc) is 2.10. The van der Waals surface area contributed by atoms with E-state index < -0.39 is 0 Å². The largest absolute Gasteiger partial charge is 0.313 e. The molecule has 4 heteroatoms. The van der Waals surface area contributed by atoms with E-state index >= 15 is 0 Å². The van der Waals surface area contributed by atoms with Crippen LogP contribution < -0.4 is 10.9 Å². The monoisotopic (exact) mass is 258 g/mol. The molecule has 1 N–H and O–H groups in total. The van der Waals surface area contributed by atoms with Gasteiger partial charge in [-0.15, -0.1) is 0 Å². The van der Waals surface area contributed by atoms with E-state index in [0.29, 0.717) is 12.6 Å². The van der Waals surface area contributed by atoms with Crippen LogP contribution in [0.15, 0.2) is 27.6 Å². The van der Waals surface area contributed by atoms with E-state index in [4.69, 9.17) is 0 Å². The van der Waals surface area contributed by atoms with Crippen LogP contribution in [0.4, 0.5) is 0 Å². The summed E-state index contributed by atoms with van der Waals surface area (Å²) in [7, 11) is 0. The zero-order valence-corrected chi connectivity index (χ0v) is 10.0. The molecule has 0 saturated heterocycles. The normalized spacial score (nSPS) is 10.9. The first-order valence-electron chi connectivity index (χ1n) is 4.69. The maximum absolute atomic E-state index is 11.4. The first-order chi connectivity index (χ1) is 6.59.